The van der Waals surface area contributed by atoms with E-state index in [9.17, 15) is 5.26 Å². The number of piperazine rings is 1. The minimum absolute atomic E-state index is 0.313. The van der Waals surface area contributed by atoms with Crippen LogP contribution >= 0.6 is 11.6 Å². The van der Waals surface area contributed by atoms with Gasteiger partial charge in [0.25, 0.3) is 0 Å². The van der Waals surface area contributed by atoms with Crippen LogP contribution in [0.5, 0.6) is 5.75 Å². The Labute approximate surface area is 247 Å². The van der Waals surface area contributed by atoms with Gasteiger partial charge in [-0.2, -0.15) is 5.26 Å². The van der Waals surface area contributed by atoms with Crippen molar-refractivity contribution in [2.75, 3.05) is 57.3 Å². The van der Waals surface area contributed by atoms with Gasteiger partial charge in [0, 0.05) is 74.5 Å². The molecule has 0 saturated carbocycles. The number of hydrogen-bond donors (Lipinski definition) is 1. The van der Waals surface area contributed by atoms with Crippen LogP contribution in [0.1, 0.15) is 42.7 Å². The molecule has 1 unspecified atom stereocenters. The molecule has 0 bridgehead atoms. The van der Waals surface area contributed by atoms with Gasteiger partial charge in [-0.05, 0) is 60.5 Å². The summed E-state index contributed by atoms with van der Waals surface area (Å²) >= 11 is 6.27. The third kappa shape index (κ3) is 6.19. The predicted molar refractivity (Wildman–Crippen MR) is 162 cm³/mol. The molecule has 8 nitrogen and oxygen atoms in total. The van der Waals surface area contributed by atoms with Gasteiger partial charge in [0.1, 0.15) is 12.4 Å². The molecule has 3 aliphatic rings. The van der Waals surface area contributed by atoms with Crippen molar-refractivity contribution < 1.29 is 4.74 Å². The number of anilines is 1. The predicted octanol–water partition coefficient (Wildman–Crippen LogP) is 4.07. The summed E-state index contributed by atoms with van der Waals surface area (Å²) in [6, 6.07) is 19.2. The van der Waals surface area contributed by atoms with Gasteiger partial charge in [-0.1, -0.05) is 37.6 Å². The van der Waals surface area contributed by atoms with Crippen molar-refractivity contribution in [1.29, 1.82) is 5.26 Å². The Kier molecular flexibility index (Phi) is 8.14. The van der Waals surface area contributed by atoms with Gasteiger partial charge in [0.2, 0.25) is 5.95 Å². The largest absolute Gasteiger partial charge is 0.487 e. The van der Waals surface area contributed by atoms with E-state index in [1.807, 2.05) is 36.5 Å². The summed E-state index contributed by atoms with van der Waals surface area (Å²) in [6.07, 6.45) is 3.12. The molecule has 4 heterocycles. The van der Waals surface area contributed by atoms with Gasteiger partial charge in [-0.3, -0.25) is 9.80 Å². The normalized spacial score (nSPS) is 20.5. The van der Waals surface area contributed by atoms with Crippen LogP contribution in [0.2, 0.25) is 5.02 Å². The van der Waals surface area contributed by atoms with Gasteiger partial charge in [-0.15, -0.1) is 0 Å². The van der Waals surface area contributed by atoms with Crippen molar-refractivity contribution in [3.05, 3.63) is 82.1 Å². The first-order chi connectivity index (χ1) is 19.9. The summed E-state index contributed by atoms with van der Waals surface area (Å²) in [6.45, 7) is 13.4. The van der Waals surface area contributed by atoms with Crippen LogP contribution < -0.4 is 15.0 Å². The second-order valence-corrected chi connectivity index (χ2v) is 12.3. The molecule has 0 radical (unpaired) electrons. The van der Waals surface area contributed by atoms with Crippen LogP contribution in [-0.4, -0.2) is 84.2 Å². The summed E-state index contributed by atoms with van der Waals surface area (Å²) in [4.78, 5) is 17.0. The monoisotopic (exact) mass is 571 g/mol. The van der Waals surface area contributed by atoms with Crippen LogP contribution in [0.15, 0.2) is 54.7 Å². The van der Waals surface area contributed by atoms with Crippen LogP contribution in [0, 0.1) is 11.3 Å². The van der Waals surface area contributed by atoms with Gasteiger partial charge in [0.15, 0.2) is 0 Å². The molecule has 2 aromatic carbocycles. The van der Waals surface area contributed by atoms with Crippen LogP contribution in [0.3, 0.4) is 0 Å². The highest BCUT2D eigenvalue weighted by atomic mass is 35.5. The van der Waals surface area contributed by atoms with Gasteiger partial charge in [-0.25, -0.2) is 9.97 Å². The van der Waals surface area contributed by atoms with Crippen molar-refractivity contribution in [1.82, 2.24) is 25.1 Å². The van der Waals surface area contributed by atoms with Crippen molar-refractivity contribution in [3.8, 4) is 11.8 Å². The molecule has 0 aliphatic carbocycles. The Morgan fingerprint density at radius 1 is 1.00 bits per heavy atom. The first-order valence-electron chi connectivity index (χ1n) is 14.6. The molecule has 0 spiro atoms. The Hall–Kier alpha value is -3.22. The highest BCUT2D eigenvalue weighted by molar-refractivity contribution is 6.30. The quantitative estimate of drug-likeness (QED) is 0.433. The molecule has 6 rings (SSSR count). The van der Waals surface area contributed by atoms with Gasteiger partial charge in [0.05, 0.1) is 17.3 Å². The van der Waals surface area contributed by atoms with E-state index < -0.39 is 0 Å². The zero-order valence-electron chi connectivity index (χ0n) is 23.9. The number of nitrogens with one attached hydrogen (secondary N) is 1. The van der Waals surface area contributed by atoms with Crippen molar-refractivity contribution in [2.24, 2.45) is 0 Å². The van der Waals surface area contributed by atoms with Gasteiger partial charge >= 0.3 is 0 Å². The maximum absolute atomic E-state index is 9.34. The summed E-state index contributed by atoms with van der Waals surface area (Å²) in [5.74, 6) is 1.57. The first-order valence-corrected chi connectivity index (χ1v) is 15.0. The van der Waals surface area contributed by atoms with E-state index in [0.717, 1.165) is 73.8 Å². The number of likely N-dealkylation sites (tertiary alicyclic amines) is 1. The minimum atomic E-state index is -0.313. The van der Waals surface area contributed by atoms with E-state index >= 15 is 0 Å². The molecule has 41 heavy (non-hydrogen) atoms. The molecule has 1 N–H and O–H groups in total. The van der Waals surface area contributed by atoms with E-state index in [1.54, 1.807) is 6.07 Å². The number of nitrogens with zero attached hydrogens (tertiary/aromatic N) is 6. The lowest BCUT2D eigenvalue weighted by atomic mass is 9.78. The molecule has 0 amide bonds. The average Bonchev–Trinajstić information content (AvgIpc) is 3.50. The summed E-state index contributed by atoms with van der Waals surface area (Å²) < 4.78 is 6.10. The molecule has 1 atom stereocenters. The number of hydrogen-bond acceptors (Lipinski definition) is 8. The fourth-order valence-corrected chi connectivity index (χ4v) is 6.41. The third-order valence-corrected chi connectivity index (χ3v) is 9.18. The molecule has 3 saturated heterocycles. The maximum atomic E-state index is 9.34. The second kappa shape index (κ2) is 11.9. The lowest BCUT2D eigenvalue weighted by Gasteiger charge is -2.50. The number of aromatic nitrogens is 2. The van der Waals surface area contributed by atoms with E-state index in [1.165, 1.54) is 19.5 Å². The highest BCUT2D eigenvalue weighted by Crippen LogP contribution is 2.34. The molecular formula is C32H38ClN7O. The van der Waals surface area contributed by atoms with Crippen molar-refractivity contribution in [2.45, 2.75) is 44.4 Å². The SMILES string of the molecule is CC(C)(c1ccc(OCc2ccnc(N3CCN(C4CN(C5CCNC5)C4)CC3)n2)cc1)c1cc(Cl)cc(C#N)c1. The van der Waals surface area contributed by atoms with E-state index in [0.29, 0.717) is 23.2 Å². The minimum Gasteiger partial charge on any atom is -0.487 e. The number of benzene rings is 2. The smallest absolute Gasteiger partial charge is 0.225 e. The molecule has 214 valence electrons. The summed E-state index contributed by atoms with van der Waals surface area (Å²) in [7, 11) is 0. The van der Waals surface area contributed by atoms with Gasteiger partial charge < -0.3 is 15.0 Å². The zero-order valence-corrected chi connectivity index (χ0v) is 24.6. The lowest BCUT2D eigenvalue weighted by molar-refractivity contribution is 0.00717. The number of halogens is 1. The van der Waals surface area contributed by atoms with E-state index in [2.05, 4.69) is 57.0 Å². The Bertz CT molecular complexity index is 1390. The molecular weight excluding hydrogens is 534 g/mol. The maximum Gasteiger partial charge on any atom is 0.225 e. The third-order valence-electron chi connectivity index (χ3n) is 8.97. The first kappa shape index (κ1) is 27.9. The molecule has 1 aromatic heterocycles. The second-order valence-electron chi connectivity index (χ2n) is 11.9. The molecule has 3 aromatic rings. The van der Waals surface area contributed by atoms with Crippen LogP contribution in [-0.2, 0) is 12.0 Å². The average molecular weight is 572 g/mol. The Morgan fingerprint density at radius 3 is 2.49 bits per heavy atom. The fourth-order valence-electron chi connectivity index (χ4n) is 6.18. The highest BCUT2D eigenvalue weighted by Gasteiger charge is 2.37. The van der Waals surface area contributed by atoms with E-state index in [-0.39, 0.29) is 5.41 Å². The standard InChI is InChI=1S/C32H38ClN7O/c1-32(2,25-15-23(18-34)16-26(33)17-25)24-3-5-30(6-4-24)41-22-27-7-10-36-31(37-27)39-13-11-38(12-14-39)29-20-40(21-29)28-8-9-35-19-28/h3-7,10,15-17,28-29,35H,8-9,11-14,19-22H2,1-2H3. The Balaban J connectivity index is 1.01. The summed E-state index contributed by atoms with van der Waals surface area (Å²) in [5.41, 5.74) is 3.23. The number of nitriles is 1. The van der Waals surface area contributed by atoms with Crippen LogP contribution in [0.25, 0.3) is 0 Å². The van der Waals surface area contributed by atoms with Crippen molar-refractivity contribution >= 4 is 17.5 Å². The molecule has 3 aliphatic heterocycles. The van der Waals surface area contributed by atoms with Crippen molar-refractivity contribution in [3.63, 3.8) is 0 Å². The van der Waals surface area contributed by atoms with E-state index in [4.69, 9.17) is 21.3 Å². The lowest BCUT2D eigenvalue weighted by Crippen LogP contribution is -2.65. The molecule has 9 heteroatoms. The topological polar surface area (TPSA) is 80.6 Å². The Morgan fingerprint density at radius 2 is 1.78 bits per heavy atom. The summed E-state index contributed by atoms with van der Waals surface area (Å²) in [5, 5.41) is 13.4. The number of ether oxygens (including phenoxy) is 1. The number of rotatable bonds is 8. The zero-order chi connectivity index (χ0) is 28.4. The molecule has 3 fully saturated rings. The fraction of sp³-hybridized carbons (Fsp3) is 0.469. The van der Waals surface area contributed by atoms with Crippen LogP contribution in [0.4, 0.5) is 5.95 Å².